The molecule has 10 rings (SSSR count). The molecule has 2 aromatic rings. The first-order valence-electron chi connectivity index (χ1n) is 32.5. The van der Waals surface area contributed by atoms with Gasteiger partial charge < -0.3 is 66.4 Å². The maximum Gasteiger partial charge on any atom is 0.415 e. The van der Waals surface area contributed by atoms with Gasteiger partial charge in [0.2, 0.25) is 11.8 Å². The molecule has 2 unspecified atom stereocenters. The number of Topliss-reactive ketones (excluding diaryl/α,β-unsaturated/α-hetero) is 6. The van der Waals surface area contributed by atoms with E-state index in [1.807, 2.05) is 26.0 Å². The fraction of sp³-hybridized carbons (Fsp3) is 0.652. The number of likely N-dealkylation sites (N-methyl/N-ethyl adjacent to an activating group) is 2. The molecule has 8 aliphatic rings. The van der Waals surface area contributed by atoms with E-state index in [2.05, 4.69) is 39.5 Å². The quantitative estimate of drug-likeness (QED) is 0.0343. The van der Waals surface area contributed by atoms with Gasteiger partial charge >= 0.3 is 12.2 Å². The number of carbonyl (C=O) groups is 10. The lowest BCUT2D eigenvalue weighted by atomic mass is 9.52. The van der Waals surface area contributed by atoms with Crippen LogP contribution in [0.2, 0.25) is 0 Å². The number of hydrogen-bond donors (Lipinski definition) is 5. The lowest BCUT2D eigenvalue weighted by Gasteiger charge is -2.57. The van der Waals surface area contributed by atoms with Crippen LogP contribution in [0.5, 0.6) is 23.0 Å². The molecule has 4 heterocycles. The second kappa shape index (κ2) is 28.9. The molecule has 24 nitrogen and oxygen atoms in total. The van der Waals surface area contributed by atoms with E-state index in [0.717, 1.165) is 74.7 Å². The second-order valence-electron chi connectivity index (χ2n) is 25.9. The highest BCUT2D eigenvalue weighted by Gasteiger charge is 2.67. The Morgan fingerprint density at radius 1 is 0.656 bits per heavy atom. The van der Waals surface area contributed by atoms with Gasteiger partial charge in [-0.15, -0.1) is 0 Å². The minimum absolute atomic E-state index is 0.0584. The molecular weight excluding hydrogens is 1160 g/mol. The van der Waals surface area contributed by atoms with Crippen LogP contribution in [0, 0.1) is 11.8 Å². The Hall–Kier alpha value is -7.31. The standard InChI is InChI=1S/C33H46N6O7.C33H46N4O7/c1-4-39(15-6-8-24(41)22(7-5-14-36-31(34)35)37-27(43)17-19(2)40)32(44)45-26-12-9-20-18-23-21-10-11-25(42)30-33(21,13-16-38(23)3)28(20)29(26)46-30;1-4-37(16-7-9-25(39)23(8-5-6-15-34)35-28(41)18-20(2)38)32(42)43-27-13-10-21-19-24-22-11-12-26(40)31-33(22,14-17-36(24)3)29(21)30(27)44-31/h9,12,21-23,30H,4-8,10-11,13-18H2,1-3H3,(H,37,43)(H4,34,35,36);10,13,22-24,31H,4-9,11-12,14-19,34H2,1-3H3,(H,35,41)/t21?,22-,23+,30-,33-;22?,23-,24+,31-,33-/m00/s1. The summed E-state index contributed by atoms with van der Waals surface area (Å²) in [6.45, 7) is 10.2. The summed E-state index contributed by atoms with van der Waals surface area (Å²) in [5.74, 6) is 0.657. The predicted molar refractivity (Wildman–Crippen MR) is 332 cm³/mol. The van der Waals surface area contributed by atoms with Gasteiger partial charge in [0.05, 0.1) is 24.9 Å². The number of likely N-dealkylation sites (tertiary alicyclic amines) is 2. The Kier molecular flexibility index (Phi) is 21.5. The minimum atomic E-state index is -0.798. The second-order valence-corrected chi connectivity index (χ2v) is 25.9. The number of piperidine rings is 2. The van der Waals surface area contributed by atoms with E-state index in [0.29, 0.717) is 131 Å². The maximum atomic E-state index is 13.4. The molecule has 0 radical (unpaired) electrons. The number of ketones is 6. The normalized spacial score (nSPS) is 25.1. The topological polar surface area (TPSA) is 335 Å². The summed E-state index contributed by atoms with van der Waals surface area (Å²) >= 11 is 0. The number of carbonyl (C=O) groups excluding carboxylic acids is 10. The zero-order chi connectivity index (χ0) is 64.8. The molecule has 2 aromatic carbocycles. The molecule has 2 saturated heterocycles. The summed E-state index contributed by atoms with van der Waals surface area (Å²) in [6, 6.07) is 6.83. The van der Waals surface area contributed by atoms with Crippen molar-refractivity contribution in [3.05, 3.63) is 46.5 Å². The highest BCUT2D eigenvalue weighted by molar-refractivity contribution is 6.00. The van der Waals surface area contributed by atoms with E-state index in [1.165, 1.54) is 29.2 Å². The summed E-state index contributed by atoms with van der Waals surface area (Å²) in [5, 5.41) is 5.35. The Morgan fingerprint density at radius 3 is 1.49 bits per heavy atom. The van der Waals surface area contributed by atoms with Crippen molar-refractivity contribution in [1.29, 1.82) is 0 Å². The van der Waals surface area contributed by atoms with Crippen LogP contribution in [-0.2, 0) is 62.0 Å². The summed E-state index contributed by atoms with van der Waals surface area (Å²) in [5.41, 5.74) is 20.1. The number of rotatable bonds is 28. The van der Waals surface area contributed by atoms with E-state index in [-0.39, 0.29) is 83.7 Å². The fourth-order valence-electron chi connectivity index (χ4n) is 16.1. The van der Waals surface area contributed by atoms with Crippen molar-refractivity contribution in [3.8, 4) is 23.0 Å². The van der Waals surface area contributed by atoms with E-state index < -0.39 is 48.3 Å². The van der Waals surface area contributed by atoms with E-state index in [9.17, 15) is 47.9 Å². The first kappa shape index (κ1) is 67.1. The lowest BCUT2D eigenvalue weighted by Crippen LogP contribution is -2.65. The van der Waals surface area contributed by atoms with Crippen molar-refractivity contribution in [2.75, 3.05) is 66.5 Å². The Labute approximate surface area is 526 Å². The SMILES string of the molecule is CCN(CCCC(=O)[C@H](CCCCN)NC(=O)CC(C)=O)C(=O)Oc1ccc2c3c1O[C@H]1C(=O)CCC4[C@@H](C2)N(C)CC[C@@]341.CCN(CCCC(=O)[C@H](CCCN=C(N)N)NC(=O)CC(C)=O)C(=O)Oc1ccc2c3c1O[C@H]1C(=O)CCC4[C@@H](C2)N(C)CC[C@@]341. The number of hydrogen-bond acceptors (Lipinski definition) is 18. The first-order chi connectivity index (χ1) is 43.1. The molecule has 4 bridgehead atoms. The van der Waals surface area contributed by atoms with Gasteiger partial charge in [-0.05, 0) is 180 Å². The average Bonchev–Trinajstić information content (AvgIpc) is 1.42. The van der Waals surface area contributed by atoms with Gasteiger partial charge in [-0.3, -0.25) is 43.3 Å². The molecule has 90 heavy (non-hydrogen) atoms. The molecule has 2 spiro atoms. The summed E-state index contributed by atoms with van der Waals surface area (Å²) < 4.78 is 24.7. The highest BCUT2D eigenvalue weighted by atomic mass is 16.6. The highest BCUT2D eigenvalue weighted by Crippen LogP contribution is 2.65. The molecule has 490 valence electrons. The smallest absolute Gasteiger partial charge is 0.415 e. The maximum absolute atomic E-state index is 13.4. The number of guanidine groups is 1. The lowest BCUT2D eigenvalue weighted by molar-refractivity contribution is -0.138. The third-order valence-electron chi connectivity index (χ3n) is 20.3. The predicted octanol–water partition coefficient (Wildman–Crippen LogP) is 4.30. The van der Waals surface area contributed by atoms with Crippen LogP contribution in [0.3, 0.4) is 0 Å². The average molecular weight is 1250 g/mol. The first-order valence-corrected chi connectivity index (χ1v) is 32.5. The molecule has 0 aromatic heterocycles. The van der Waals surface area contributed by atoms with Crippen molar-refractivity contribution in [2.45, 2.75) is 197 Å². The van der Waals surface area contributed by atoms with Crippen molar-refractivity contribution in [1.82, 2.24) is 30.2 Å². The Morgan fingerprint density at radius 2 is 1.09 bits per heavy atom. The van der Waals surface area contributed by atoms with Crippen LogP contribution in [0.15, 0.2) is 29.3 Å². The van der Waals surface area contributed by atoms with Gasteiger partial charge in [-0.1, -0.05) is 12.1 Å². The van der Waals surface area contributed by atoms with Crippen LogP contribution in [0.25, 0.3) is 0 Å². The van der Waals surface area contributed by atoms with E-state index >= 15 is 0 Å². The summed E-state index contributed by atoms with van der Waals surface area (Å²) in [7, 11) is 4.33. The minimum Gasteiger partial charge on any atom is -0.477 e. The van der Waals surface area contributed by atoms with Crippen molar-refractivity contribution >= 4 is 64.7 Å². The molecule has 4 fully saturated rings. The molecule has 4 aliphatic heterocycles. The molecule has 24 heteroatoms. The Bertz CT molecular complexity index is 3150. The molecule has 4 aliphatic carbocycles. The largest absolute Gasteiger partial charge is 0.477 e. The van der Waals surface area contributed by atoms with E-state index in [1.54, 1.807) is 12.1 Å². The monoisotopic (exact) mass is 1250 g/mol. The van der Waals surface area contributed by atoms with Gasteiger partial charge in [0.15, 0.2) is 64.3 Å². The molecule has 2 saturated carbocycles. The van der Waals surface area contributed by atoms with E-state index in [4.69, 9.17) is 36.1 Å². The van der Waals surface area contributed by atoms with Gasteiger partial charge in [-0.2, -0.15) is 0 Å². The number of unbranched alkanes of at least 4 members (excludes halogenated alkanes) is 1. The third kappa shape index (κ3) is 13.8. The Balaban J connectivity index is 0.000000214. The number of benzene rings is 2. The molecular formula is C66H92N10O14. The van der Waals surface area contributed by atoms with Crippen molar-refractivity contribution < 1.29 is 66.9 Å². The van der Waals surface area contributed by atoms with Crippen LogP contribution < -0.4 is 46.8 Å². The van der Waals surface area contributed by atoms with Crippen molar-refractivity contribution in [3.63, 3.8) is 0 Å². The van der Waals surface area contributed by atoms with Gasteiger partial charge in [0.25, 0.3) is 0 Å². The van der Waals surface area contributed by atoms with Crippen molar-refractivity contribution in [2.24, 2.45) is 34.0 Å². The number of nitrogens with two attached hydrogens (primary N) is 3. The van der Waals surface area contributed by atoms with Crippen LogP contribution in [0.4, 0.5) is 9.59 Å². The summed E-state index contributed by atoms with van der Waals surface area (Å²) in [4.78, 5) is 138. The number of ether oxygens (including phenoxy) is 4. The number of nitrogens with one attached hydrogen (secondary N) is 2. The van der Waals surface area contributed by atoms with Gasteiger partial charge in [-0.25, -0.2) is 9.59 Å². The zero-order valence-electron chi connectivity index (χ0n) is 53.2. The van der Waals surface area contributed by atoms with Gasteiger partial charge in [0, 0.05) is 92.4 Å². The molecule has 4 amide bonds. The number of nitrogens with zero attached hydrogens (tertiary/aromatic N) is 5. The van der Waals surface area contributed by atoms with Crippen LogP contribution in [0.1, 0.15) is 159 Å². The molecule has 10 atom stereocenters. The summed E-state index contributed by atoms with van der Waals surface area (Å²) in [6.07, 6.45) is 7.01. The number of amides is 4. The van der Waals surface area contributed by atoms with Crippen LogP contribution >= 0.6 is 0 Å². The molecule has 8 N–H and O–H groups in total. The fourth-order valence-corrected chi connectivity index (χ4v) is 16.1. The zero-order valence-corrected chi connectivity index (χ0v) is 53.2. The van der Waals surface area contributed by atoms with Gasteiger partial charge in [0.1, 0.15) is 11.6 Å². The number of aliphatic imine (C=N–C) groups is 1. The third-order valence-corrected chi connectivity index (χ3v) is 20.3. The van der Waals surface area contributed by atoms with Crippen LogP contribution in [-0.4, -0.2) is 187 Å².